The molecule has 4 rings (SSSR count). The zero-order chi connectivity index (χ0) is 36.0. The monoisotopic (exact) mass is 700 g/mol. The number of nitrogens with zero attached hydrogens (tertiary/aromatic N) is 4. The summed E-state index contributed by atoms with van der Waals surface area (Å²) in [7, 11) is 0. The van der Waals surface area contributed by atoms with Gasteiger partial charge in [-0.25, -0.2) is 9.97 Å². The first-order chi connectivity index (χ1) is 22.9. The minimum atomic E-state index is -5.13. The van der Waals surface area contributed by atoms with Crippen LogP contribution in [0.15, 0.2) is 67.1 Å². The van der Waals surface area contributed by atoms with Gasteiger partial charge in [-0.2, -0.15) is 39.5 Å². The fraction of sp³-hybridized carbons (Fsp3) is 0.333. The summed E-state index contributed by atoms with van der Waals surface area (Å²) < 4.78 is 134. The van der Waals surface area contributed by atoms with Crippen molar-refractivity contribution in [3.05, 3.63) is 101 Å². The van der Waals surface area contributed by atoms with E-state index in [1.807, 2.05) is 0 Å². The van der Waals surface area contributed by atoms with E-state index in [1.165, 1.54) is 24.7 Å². The maximum absolute atomic E-state index is 13.8. The molecular weight excluding hydrogens is 671 g/mol. The number of alkyl halides is 9. The van der Waals surface area contributed by atoms with Crippen molar-refractivity contribution in [1.29, 1.82) is 0 Å². The molecule has 0 aliphatic rings. The van der Waals surface area contributed by atoms with Crippen LogP contribution in [0.4, 0.5) is 45.5 Å². The fourth-order valence-corrected chi connectivity index (χ4v) is 4.76. The van der Waals surface area contributed by atoms with E-state index in [1.54, 1.807) is 26.0 Å². The molecule has 0 radical (unpaired) electrons. The lowest BCUT2D eigenvalue weighted by atomic mass is 9.99. The Kier molecular flexibility index (Phi) is 11.4. The molecule has 262 valence electrons. The SMILES string of the molecule is CCOC(=O)CCCOc1cnc(N(Cc2cc(C(F)(F)F)cc(C(F)(F)F)c2)Cc2cc(C(F)(F)F)ccc2-c2cc(C)ccn2)nc1. The molecule has 0 aliphatic heterocycles. The van der Waals surface area contributed by atoms with Crippen molar-refractivity contribution in [2.45, 2.75) is 58.3 Å². The number of hydrogen-bond donors (Lipinski definition) is 0. The van der Waals surface area contributed by atoms with Gasteiger partial charge in [0, 0.05) is 31.3 Å². The second-order valence-electron chi connectivity index (χ2n) is 10.8. The lowest BCUT2D eigenvalue weighted by molar-refractivity contribution is -0.144. The van der Waals surface area contributed by atoms with Crippen LogP contribution in [0.25, 0.3) is 11.3 Å². The fourth-order valence-electron chi connectivity index (χ4n) is 4.76. The number of carbonyl (C=O) groups is 1. The minimum Gasteiger partial charge on any atom is -0.490 e. The van der Waals surface area contributed by atoms with Gasteiger partial charge >= 0.3 is 24.5 Å². The molecule has 0 atom stereocenters. The van der Waals surface area contributed by atoms with E-state index in [0.717, 1.165) is 22.6 Å². The van der Waals surface area contributed by atoms with Crippen molar-refractivity contribution in [2.24, 2.45) is 0 Å². The van der Waals surface area contributed by atoms with Crippen LogP contribution in [0.3, 0.4) is 0 Å². The first-order valence-electron chi connectivity index (χ1n) is 14.7. The molecule has 7 nitrogen and oxygen atoms in total. The van der Waals surface area contributed by atoms with E-state index in [4.69, 9.17) is 9.47 Å². The molecule has 2 aromatic carbocycles. The van der Waals surface area contributed by atoms with E-state index < -0.39 is 59.8 Å². The molecule has 0 unspecified atom stereocenters. The Morgan fingerprint density at radius 1 is 0.776 bits per heavy atom. The summed E-state index contributed by atoms with van der Waals surface area (Å²) >= 11 is 0. The second kappa shape index (κ2) is 15.1. The third-order valence-electron chi connectivity index (χ3n) is 7.00. The smallest absolute Gasteiger partial charge is 0.416 e. The summed E-state index contributed by atoms with van der Waals surface area (Å²) in [6, 6.07) is 7.19. The van der Waals surface area contributed by atoms with Gasteiger partial charge in [-0.05, 0) is 79.4 Å². The van der Waals surface area contributed by atoms with Crippen LogP contribution in [0.1, 0.15) is 53.1 Å². The van der Waals surface area contributed by atoms with Gasteiger partial charge in [0.2, 0.25) is 5.95 Å². The normalized spacial score (nSPS) is 12.1. The first kappa shape index (κ1) is 36.9. The molecule has 49 heavy (non-hydrogen) atoms. The molecule has 0 spiro atoms. The Labute approximate surface area is 274 Å². The van der Waals surface area contributed by atoms with Crippen molar-refractivity contribution in [1.82, 2.24) is 15.0 Å². The Morgan fingerprint density at radius 3 is 1.98 bits per heavy atom. The number of pyridine rings is 1. The van der Waals surface area contributed by atoms with Gasteiger partial charge in [0.25, 0.3) is 0 Å². The number of halogens is 9. The van der Waals surface area contributed by atoms with Crippen molar-refractivity contribution >= 4 is 11.9 Å². The van der Waals surface area contributed by atoms with Crippen molar-refractivity contribution in [2.75, 3.05) is 18.1 Å². The Hall–Kier alpha value is -4.89. The predicted octanol–water partition coefficient (Wildman–Crippen LogP) is 8.83. The zero-order valence-electron chi connectivity index (χ0n) is 26.0. The maximum atomic E-state index is 13.8. The summed E-state index contributed by atoms with van der Waals surface area (Å²) in [6.45, 7) is 2.53. The number of benzene rings is 2. The van der Waals surface area contributed by atoms with Gasteiger partial charge in [0.1, 0.15) is 0 Å². The highest BCUT2D eigenvalue weighted by molar-refractivity contribution is 5.69. The van der Waals surface area contributed by atoms with Crippen LogP contribution >= 0.6 is 0 Å². The van der Waals surface area contributed by atoms with Gasteiger partial charge in [-0.3, -0.25) is 9.78 Å². The highest BCUT2D eigenvalue weighted by Gasteiger charge is 2.37. The molecular formula is C33H29F9N4O3. The first-order valence-corrected chi connectivity index (χ1v) is 14.7. The predicted molar refractivity (Wildman–Crippen MR) is 159 cm³/mol. The Morgan fingerprint density at radius 2 is 1.41 bits per heavy atom. The average Bonchev–Trinajstić information content (AvgIpc) is 3.02. The molecule has 16 heteroatoms. The number of ether oxygens (including phenoxy) is 2. The third kappa shape index (κ3) is 10.3. The van der Waals surface area contributed by atoms with Gasteiger partial charge in [0.15, 0.2) is 5.75 Å². The van der Waals surface area contributed by atoms with Crippen LogP contribution in [0.2, 0.25) is 0 Å². The average molecular weight is 701 g/mol. The number of carbonyl (C=O) groups excluding carboxylic acids is 1. The van der Waals surface area contributed by atoms with Crippen LogP contribution in [-0.2, 0) is 41.1 Å². The zero-order valence-corrected chi connectivity index (χ0v) is 26.0. The molecule has 2 aromatic heterocycles. The molecule has 4 aromatic rings. The molecule has 0 fully saturated rings. The Balaban J connectivity index is 1.76. The lowest BCUT2D eigenvalue weighted by Crippen LogP contribution is -2.25. The highest BCUT2D eigenvalue weighted by atomic mass is 19.4. The van der Waals surface area contributed by atoms with Crippen LogP contribution in [-0.4, -0.2) is 34.1 Å². The van der Waals surface area contributed by atoms with E-state index in [-0.39, 0.29) is 60.6 Å². The summed E-state index contributed by atoms with van der Waals surface area (Å²) in [5.74, 6) is -0.536. The molecule has 0 N–H and O–H groups in total. The van der Waals surface area contributed by atoms with Crippen LogP contribution in [0.5, 0.6) is 5.75 Å². The van der Waals surface area contributed by atoms with E-state index >= 15 is 0 Å². The maximum Gasteiger partial charge on any atom is 0.416 e. The van der Waals surface area contributed by atoms with Crippen LogP contribution < -0.4 is 9.64 Å². The molecule has 0 aliphatic carbocycles. The van der Waals surface area contributed by atoms with Gasteiger partial charge < -0.3 is 14.4 Å². The summed E-state index contributed by atoms with van der Waals surface area (Å²) in [5, 5.41) is 0. The number of aryl methyl sites for hydroxylation is 1. The van der Waals surface area contributed by atoms with Crippen molar-refractivity contribution in [3.63, 3.8) is 0 Å². The molecule has 2 heterocycles. The van der Waals surface area contributed by atoms with Gasteiger partial charge in [-0.15, -0.1) is 0 Å². The number of aromatic nitrogens is 3. The number of esters is 1. The molecule has 0 amide bonds. The highest BCUT2D eigenvalue weighted by Crippen LogP contribution is 2.38. The van der Waals surface area contributed by atoms with Crippen molar-refractivity contribution in [3.8, 4) is 17.0 Å². The number of hydrogen-bond acceptors (Lipinski definition) is 7. The second-order valence-corrected chi connectivity index (χ2v) is 10.8. The van der Waals surface area contributed by atoms with Gasteiger partial charge in [0.05, 0.1) is 48.0 Å². The third-order valence-corrected chi connectivity index (χ3v) is 7.00. The molecule has 0 saturated carbocycles. The summed E-state index contributed by atoms with van der Waals surface area (Å²) in [5.41, 5.74) is -3.35. The largest absolute Gasteiger partial charge is 0.490 e. The Bertz CT molecular complexity index is 1710. The molecule has 0 saturated heterocycles. The summed E-state index contributed by atoms with van der Waals surface area (Å²) in [4.78, 5) is 25.2. The van der Waals surface area contributed by atoms with Crippen LogP contribution in [0, 0.1) is 6.92 Å². The standard InChI is InChI=1S/C33H29F9N4O3/c1-3-48-29(47)5-4-10-49-26-16-44-30(45-17-26)46(18-21-12-24(32(37,38)39)15-25(13-21)33(40,41)42)19-22-14-23(31(34,35)36)6-7-27(22)28-11-20(2)8-9-43-28/h6-9,11-17H,3-5,10,18-19H2,1-2H3. The van der Waals surface area contributed by atoms with E-state index in [2.05, 4.69) is 15.0 Å². The topological polar surface area (TPSA) is 77.4 Å². The molecule has 0 bridgehead atoms. The number of rotatable bonds is 12. The van der Waals surface area contributed by atoms with E-state index in [9.17, 15) is 44.3 Å². The quantitative estimate of drug-likeness (QED) is 0.0831. The van der Waals surface area contributed by atoms with Crippen molar-refractivity contribution < 1.29 is 53.8 Å². The van der Waals surface area contributed by atoms with Gasteiger partial charge in [-0.1, -0.05) is 6.07 Å². The minimum absolute atomic E-state index is 0.00108. The summed E-state index contributed by atoms with van der Waals surface area (Å²) in [6.07, 6.45) is -10.9. The number of anilines is 1. The van der Waals surface area contributed by atoms with E-state index in [0.29, 0.717) is 12.1 Å². The lowest BCUT2D eigenvalue weighted by Gasteiger charge is -2.26.